The molecule has 2 N–H and O–H groups in total. The van der Waals surface area contributed by atoms with Crippen LogP contribution in [0.25, 0.3) is 0 Å². The predicted molar refractivity (Wildman–Crippen MR) is 82.2 cm³/mol. The zero-order valence-corrected chi connectivity index (χ0v) is 12.6. The van der Waals surface area contributed by atoms with E-state index in [1.165, 1.54) is 12.0 Å². The van der Waals surface area contributed by atoms with Crippen LogP contribution in [0.3, 0.4) is 0 Å². The molecule has 0 radical (unpaired) electrons. The molecule has 1 aromatic rings. The lowest BCUT2D eigenvalue weighted by atomic mass is 10.2. The van der Waals surface area contributed by atoms with E-state index in [-0.39, 0.29) is 5.97 Å². The number of likely N-dealkylation sites (N-methyl/N-ethyl adjacent to an activating group) is 1. The number of anilines is 1. The van der Waals surface area contributed by atoms with Gasteiger partial charge >= 0.3 is 5.97 Å². The molecule has 0 bridgehead atoms. The lowest BCUT2D eigenvalue weighted by molar-refractivity contribution is -0.883. The van der Waals surface area contributed by atoms with Crippen molar-refractivity contribution in [2.24, 2.45) is 0 Å². The first-order valence-electron chi connectivity index (χ1n) is 6.66. The van der Waals surface area contributed by atoms with Gasteiger partial charge in [-0.25, -0.2) is 4.79 Å². The minimum absolute atomic E-state index is 0.345. The summed E-state index contributed by atoms with van der Waals surface area (Å²) in [7, 11) is 3.56. The Hall–Kier alpha value is -1.66. The van der Waals surface area contributed by atoms with Crippen LogP contribution in [0.4, 0.5) is 5.69 Å². The van der Waals surface area contributed by atoms with Crippen molar-refractivity contribution in [3.8, 4) is 0 Å². The molecule has 0 spiro atoms. The molecule has 1 fully saturated rings. The number of carbonyl (C=O) groups is 1. The Labute approximate surface area is 124 Å². The number of nitrogens with zero attached hydrogens (tertiary/aromatic N) is 1. The molecule has 20 heavy (non-hydrogen) atoms. The third-order valence-electron chi connectivity index (χ3n) is 3.44. The highest BCUT2D eigenvalue weighted by molar-refractivity contribution is 7.80. The summed E-state index contributed by atoms with van der Waals surface area (Å²) < 4.78 is 4.71. The second kappa shape index (κ2) is 6.67. The molecule has 0 unspecified atom stereocenters. The van der Waals surface area contributed by atoms with Gasteiger partial charge in [0, 0.05) is 5.69 Å². The van der Waals surface area contributed by atoms with Gasteiger partial charge < -0.3 is 19.9 Å². The highest BCUT2D eigenvalue weighted by Crippen LogP contribution is 2.12. The van der Waals surface area contributed by atoms with Gasteiger partial charge in [-0.15, -0.1) is 0 Å². The molecule has 1 aliphatic rings. The zero-order valence-electron chi connectivity index (χ0n) is 11.8. The Kier molecular flexibility index (Phi) is 4.92. The van der Waals surface area contributed by atoms with Gasteiger partial charge in [0.1, 0.15) is 0 Å². The smallest absolute Gasteiger partial charge is 0.337 e. The maximum Gasteiger partial charge on any atom is 0.337 e. The van der Waals surface area contributed by atoms with Crippen molar-refractivity contribution in [3.05, 3.63) is 29.8 Å². The summed E-state index contributed by atoms with van der Waals surface area (Å²) in [5.74, 6) is -0.345. The highest BCUT2D eigenvalue weighted by atomic mass is 32.1. The number of nitrogens with one attached hydrogen (secondary N) is 2. The van der Waals surface area contributed by atoms with Crippen molar-refractivity contribution >= 4 is 29.0 Å². The maximum atomic E-state index is 11.5. The van der Waals surface area contributed by atoms with Crippen LogP contribution in [-0.4, -0.2) is 56.3 Å². The van der Waals surface area contributed by atoms with Crippen molar-refractivity contribution in [1.82, 2.24) is 4.90 Å². The first-order chi connectivity index (χ1) is 9.60. The number of hydrogen-bond donors (Lipinski definition) is 2. The molecule has 1 saturated heterocycles. The van der Waals surface area contributed by atoms with Gasteiger partial charge in [0.25, 0.3) is 0 Å². The Bertz CT molecular complexity index is 499. The van der Waals surface area contributed by atoms with Crippen molar-refractivity contribution in [2.75, 3.05) is 45.7 Å². The van der Waals surface area contributed by atoms with Crippen LogP contribution in [0.1, 0.15) is 10.4 Å². The molecular formula is C14H20N3O2S+. The number of ether oxygens (including phenoxy) is 1. The van der Waals surface area contributed by atoms with E-state index >= 15 is 0 Å². The molecule has 0 atom stereocenters. The first-order valence-corrected chi connectivity index (χ1v) is 7.06. The number of thiocarbonyl (C=S) groups is 1. The van der Waals surface area contributed by atoms with Crippen LogP contribution < -0.4 is 10.2 Å². The summed E-state index contributed by atoms with van der Waals surface area (Å²) >= 11 is 5.42. The molecule has 0 amide bonds. The van der Waals surface area contributed by atoms with Gasteiger partial charge in [-0.1, -0.05) is 6.07 Å². The van der Waals surface area contributed by atoms with Crippen LogP contribution in [0.2, 0.25) is 0 Å². The van der Waals surface area contributed by atoms with Crippen molar-refractivity contribution in [1.29, 1.82) is 0 Å². The van der Waals surface area contributed by atoms with Crippen LogP contribution in [0, 0.1) is 0 Å². The normalized spacial score (nSPS) is 15.8. The fourth-order valence-electron chi connectivity index (χ4n) is 2.14. The second-order valence-electron chi connectivity index (χ2n) is 4.95. The van der Waals surface area contributed by atoms with Crippen LogP contribution in [0.15, 0.2) is 24.3 Å². The quantitative estimate of drug-likeness (QED) is 0.594. The summed E-state index contributed by atoms with van der Waals surface area (Å²) in [6.45, 7) is 4.08. The maximum absolute atomic E-state index is 11.5. The SMILES string of the molecule is COC(=O)c1cccc(NC(=S)N2CC[NH+](C)CC2)c1. The molecular weight excluding hydrogens is 274 g/mol. The van der Waals surface area contributed by atoms with E-state index in [2.05, 4.69) is 17.3 Å². The fraction of sp³-hybridized carbons (Fsp3) is 0.429. The van der Waals surface area contributed by atoms with Gasteiger partial charge in [-0.05, 0) is 30.4 Å². The average Bonchev–Trinajstić information content (AvgIpc) is 2.47. The Balaban J connectivity index is 1.99. The van der Waals surface area contributed by atoms with Crippen LogP contribution in [-0.2, 0) is 4.74 Å². The van der Waals surface area contributed by atoms with Crippen molar-refractivity contribution in [3.63, 3.8) is 0 Å². The largest absolute Gasteiger partial charge is 0.465 e. The number of piperazine rings is 1. The minimum atomic E-state index is -0.345. The third kappa shape index (κ3) is 3.68. The predicted octanol–water partition coefficient (Wildman–Crippen LogP) is 0.000300. The van der Waals surface area contributed by atoms with Crippen LogP contribution >= 0.6 is 12.2 Å². The average molecular weight is 294 g/mol. The van der Waals surface area contributed by atoms with Crippen molar-refractivity contribution in [2.45, 2.75) is 0 Å². The van der Waals surface area contributed by atoms with Gasteiger partial charge in [-0.2, -0.15) is 0 Å². The first kappa shape index (κ1) is 14.7. The number of carbonyl (C=O) groups excluding carboxylic acids is 1. The van der Waals surface area contributed by atoms with E-state index in [0.29, 0.717) is 10.7 Å². The van der Waals surface area contributed by atoms with E-state index < -0.39 is 0 Å². The topological polar surface area (TPSA) is 46.0 Å². The number of methoxy groups -OCH3 is 1. The Morgan fingerprint density at radius 3 is 2.75 bits per heavy atom. The summed E-state index contributed by atoms with van der Waals surface area (Å²) in [5, 5.41) is 3.89. The lowest BCUT2D eigenvalue weighted by Crippen LogP contribution is -3.12. The van der Waals surface area contributed by atoms with E-state index in [1.807, 2.05) is 12.1 Å². The van der Waals surface area contributed by atoms with Crippen LogP contribution in [0.5, 0.6) is 0 Å². The van der Waals surface area contributed by atoms with Gasteiger partial charge in [0.15, 0.2) is 5.11 Å². The van der Waals surface area contributed by atoms with Gasteiger partial charge in [0.05, 0.1) is 45.9 Å². The summed E-state index contributed by atoms with van der Waals surface area (Å²) in [6.07, 6.45) is 0. The van der Waals surface area contributed by atoms with Gasteiger partial charge in [-0.3, -0.25) is 0 Å². The number of quaternary nitrogens is 1. The second-order valence-corrected chi connectivity index (χ2v) is 5.33. The number of hydrogen-bond acceptors (Lipinski definition) is 3. The Morgan fingerprint density at radius 1 is 1.40 bits per heavy atom. The molecule has 2 rings (SSSR count). The molecule has 1 aromatic carbocycles. The monoisotopic (exact) mass is 294 g/mol. The van der Waals surface area contributed by atoms with E-state index in [9.17, 15) is 4.79 Å². The summed E-state index contributed by atoms with van der Waals surface area (Å²) in [5.41, 5.74) is 1.33. The van der Waals surface area contributed by atoms with Gasteiger partial charge in [0.2, 0.25) is 0 Å². The molecule has 1 heterocycles. The molecule has 1 aliphatic heterocycles. The summed E-state index contributed by atoms with van der Waals surface area (Å²) in [4.78, 5) is 15.2. The minimum Gasteiger partial charge on any atom is -0.465 e. The molecule has 6 heteroatoms. The zero-order chi connectivity index (χ0) is 14.5. The molecule has 5 nitrogen and oxygen atoms in total. The Morgan fingerprint density at radius 2 is 2.10 bits per heavy atom. The summed E-state index contributed by atoms with van der Waals surface area (Å²) in [6, 6.07) is 7.17. The molecule has 0 saturated carbocycles. The molecule has 0 aromatic heterocycles. The van der Waals surface area contributed by atoms with Crippen molar-refractivity contribution < 1.29 is 14.4 Å². The highest BCUT2D eigenvalue weighted by Gasteiger charge is 2.19. The number of benzene rings is 1. The van der Waals surface area contributed by atoms with E-state index in [0.717, 1.165) is 31.9 Å². The molecule has 0 aliphatic carbocycles. The van der Waals surface area contributed by atoms with E-state index in [4.69, 9.17) is 17.0 Å². The third-order valence-corrected chi connectivity index (χ3v) is 3.80. The lowest BCUT2D eigenvalue weighted by Gasteiger charge is -2.32. The number of rotatable bonds is 2. The molecule has 108 valence electrons. The standard InChI is InChI=1S/C14H19N3O2S/c1-16-6-8-17(9-7-16)14(20)15-12-5-3-4-11(10-12)13(18)19-2/h3-5,10H,6-9H2,1-2H3,(H,15,20)/p+1. The van der Waals surface area contributed by atoms with E-state index in [1.54, 1.807) is 12.1 Å². The number of esters is 1. The fourth-order valence-corrected chi connectivity index (χ4v) is 2.44.